The summed E-state index contributed by atoms with van der Waals surface area (Å²) in [4.78, 5) is 74.9. The highest BCUT2D eigenvalue weighted by Gasteiger charge is 2.57. The van der Waals surface area contributed by atoms with Gasteiger partial charge in [-0.2, -0.15) is 0 Å². The van der Waals surface area contributed by atoms with Crippen LogP contribution < -0.4 is 5.32 Å². The topological polar surface area (TPSA) is 216 Å². The van der Waals surface area contributed by atoms with Crippen LogP contribution in [0.15, 0.2) is 48.5 Å². The number of rotatable bonds is 13. The average Bonchev–Trinajstić information content (AvgIpc) is 3.13. The fourth-order valence-electron chi connectivity index (χ4n) is 6.31. The number of fused-ring (bicyclic) bond motifs is 1. The number of ether oxygens (including phenoxy) is 11. The maximum atomic E-state index is 13.2. The van der Waals surface area contributed by atoms with Crippen LogP contribution in [0.3, 0.4) is 0 Å². The van der Waals surface area contributed by atoms with Crippen LogP contribution in [-0.2, 0) is 82.7 Å². The van der Waals surface area contributed by atoms with E-state index in [1.54, 1.807) is 30.3 Å². The van der Waals surface area contributed by atoms with E-state index in [1.165, 1.54) is 25.1 Å². The number of carbonyl (C=O) groups excluding carboxylic acids is 6. The van der Waals surface area contributed by atoms with Crippen molar-refractivity contribution in [3.8, 4) is 0 Å². The van der Waals surface area contributed by atoms with Gasteiger partial charge in [0.05, 0.1) is 29.5 Å². The van der Waals surface area contributed by atoms with Crippen LogP contribution in [0.25, 0.3) is 0 Å². The van der Waals surface area contributed by atoms with Crippen molar-refractivity contribution in [3.05, 3.63) is 64.7 Å². The first-order chi connectivity index (χ1) is 26.7. The Hall–Kier alpha value is -4.69. The molecule has 1 N–H and O–H groups in total. The van der Waals surface area contributed by atoms with Gasteiger partial charge in [0, 0.05) is 34.6 Å². The minimum absolute atomic E-state index is 0.0396. The predicted molar refractivity (Wildman–Crippen MR) is 187 cm³/mol. The summed E-state index contributed by atoms with van der Waals surface area (Å²) in [5.41, 5.74) is 1.01. The fraction of sp³-hybridized carbons (Fsp3) is 0.514. The van der Waals surface area contributed by atoms with Crippen LogP contribution in [0.5, 0.6) is 0 Å². The molecule has 0 radical (unpaired) electrons. The predicted octanol–water partition coefficient (Wildman–Crippen LogP) is 2.61. The van der Waals surface area contributed by atoms with E-state index in [-0.39, 0.29) is 36.5 Å². The zero-order valence-electron chi connectivity index (χ0n) is 31.0. The molecule has 2 aromatic rings. The van der Waals surface area contributed by atoms with Crippen LogP contribution in [0.1, 0.15) is 50.5 Å². The van der Waals surface area contributed by atoms with Gasteiger partial charge in [0.25, 0.3) is 0 Å². The Labute approximate surface area is 326 Å². The van der Waals surface area contributed by atoms with E-state index in [1.807, 2.05) is 0 Å². The van der Waals surface area contributed by atoms with Gasteiger partial charge in [-0.25, -0.2) is 4.79 Å². The van der Waals surface area contributed by atoms with Gasteiger partial charge in [0.1, 0.15) is 37.8 Å². The number of esters is 5. The molecular weight excluding hydrogens is 766 g/mol. The lowest BCUT2D eigenvalue weighted by Gasteiger charge is -2.49. The molecule has 3 heterocycles. The first-order valence-electron chi connectivity index (χ1n) is 17.4. The quantitative estimate of drug-likeness (QED) is 0.227. The highest BCUT2D eigenvalue weighted by atomic mass is 35.5. The van der Waals surface area contributed by atoms with Crippen molar-refractivity contribution in [2.75, 3.05) is 25.3 Å². The number of halogens is 1. The second-order valence-corrected chi connectivity index (χ2v) is 13.3. The average molecular weight is 808 g/mol. The molecule has 19 heteroatoms. The van der Waals surface area contributed by atoms with Crippen molar-refractivity contribution in [3.63, 3.8) is 0 Å². The molecule has 10 atom stereocenters. The Balaban J connectivity index is 1.52. The normalized spacial score (nSPS) is 28.5. The number of carbonyl (C=O) groups is 6. The number of anilines is 1. The summed E-state index contributed by atoms with van der Waals surface area (Å²) < 4.78 is 64.4. The molecule has 304 valence electrons. The standard InChI is InChI=1S/C37H42ClNO17/c1-18(40)39-26-13-23(11-12-25(26)38)14-48-36-33(52-21(4)43)32(51-20(3)42)30(28(54-36)16-47-35(45)24-9-7-6-8-10-24)56-37-34(53-22(5)44)31(50-19(2)41)29-27(55-37)15-46-17-49-29/h6-13,27-34,36-37H,14-17H2,1-5H3,(H,39,40)/t27-,28-,29-,30-,31+,32+,33-,34-,36-,37-/m1/s1. The summed E-state index contributed by atoms with van der Waals surface area (Å²) in [7, 11) is 0. The largest absolute Gasteiger partial charge is 0.459 e. The van der Waals surface area contributed by atoms with Crippen molar-refractivity contribution < 1.29 is 80.9 Å². The summed E-state index contributed by atoms with van der Waals surface area (Å²) in [6.07, 6.45) is -13.7. The molecule has 2 aromatic carbocycles. The lowest BCUT2D eigenvalue weighted by atomic mass is 9.95. The zero-order valence-corrected chi connectivity index (χ0v) is 31.8. The van der Waals surface area contributed by atoms with Crippen LogP contribution >= 0.6 is 11.6 Å². The SMILES string of the molecule is CC(=O)Nc1cc(CO[C@@H]2O[C@H](COC(=O)c3ccccc3)[C@@H](O[C@H]3O[C@@H]4COCO[C@H]4[C@H](OC(C)=O)[C@H]3OC(C)=O)[C@H](OC(C)=O)[C@H]2OC(C)=O)ccc1Cl. The molecule has 3 fully saturated rings. The van der Waals surface area contributed by atoms with Crippen LogP contribution in [0.4, 0.5) is 5.69 Å². The third-order valence-electron chi connectivity index (χ3n) is 8.45. The van der Waals surface area contributed by atoms with Crippen LogP contribution in [0.2, 0.25) is 5.02 Å². The maximum Gasteiger partial charge on any atom is 0.338 e. The van der Waals surface area contributed by atoms with E-state index in [0.29, 0.717) is 11.3 Å². The Bertz CT molecular complexity index is 1740. The molecule has 56 heavy (non-hydrogen) atoms. The number of amides is 1. The van der Waals surface area contributed by atoms with Gasteiger partial charge in [-0.1, -0.05) is 35.9 Å². The number of hydrogen-bond acceptors (Lipinski definition) is 17. The molecule has 3 saturated heterocycles. The maximum absolute atomic E-state index is 13.2. The van der Waals surface area contributed by atoms with E-state index in [0.717, 1.165) is 27.7 Å². The zero-order chi connectivity index (χ0) is 40.5. The highest BCUT2D eigenvalue weighted by Crippen LogP contribution is 2.36. The van der Waals surface area contributed by atoms with Gasteiger partial charge in [-0.3, -0.25) is 24.0 Å². The van der Waals surface area contributed by atoms with Gasteiger partial charge in [0.2, 0.25) is 5.91 Å². The molecule has 3 aliphatic heterocycles. The summed E-state index contributed by atoms with van der Waals surface area (Å²) in [5.74, 6) is -4.30. The molecule has 3 aliphatic rings. The first-order valence-corrected chi connectivity index (χ1v) is 17.8. The summed E-state index contributed by atoms with van der Waals surface area (Å²) in [6.45, 7) is 4.83. The van der Waals surface area contributed by atoms with E-state index < -0.39 is 97.9 Å². The van der Waals surface area contributed by atoms with Crippen molar-refractivity contribution in [1.29, 1.82) is 0 Å². The molecular formula is C37H42ClNO17. The summed E-state index contributed by atoms with van der Waals surface area (Å²) in [5, 5.41) is 2.88. The van der Waals surface area contributed by atoms with Gasteiger partial charge in [-0.15, -0.1) is 0 Å². The molecule has 0 unspecified atom stereocenters. The van der Waals surface area contributed by atoms with Gasteiger partial charge < -0.3 is 57.4 Å². The molecule has 18 nitrogen and oxygen atoms in total. The second kappa shape index (κ2) is 19.4. The molecule has 5 rings (SSSR count). The summed E-state index contributed by atoms with van der Waals surface area (Å²) >= 11 is 6.25. The van der Waals surface area contributed by atoms with Gasteiger partial charge >= 0.3 is 29.8 Å². The van der Waals surface area contributed by atoms with E-state index in [9.17, 15) is 28.8 Å². The van der Waals surface area contributed by atoms with Crippen molar-refractivity contribution in [2.24, 2.45) is 0 Å². The molecule has 0 aromatic heterocycles. The van der Waals surface area contributed by atoms with Crippen LogP contribution in [-0.4, -0.2) is 117 Å². The fourth-order valence-corrected chi connectivity index (χ4v) is 6.47. The number of hydrogen-bond donors (Lipinski definition) is 1. The lowest BCUT2D eigenvalue weighted by molar-refractivity contribution is -0.375. The number of benzene rings is 2. The van der Waals surface area contributed by atoms with Crippen molar-refractivity contribution in [2.45, 2.75) is 103 Å². The van der Waals surface area contributed by atoms with E-state index in [4.69, 9.17) is 63.7 Å². The Kier molecular flexibility index (Phi) is 14.7. The molecule has 0 aliphatic carbocycles. The van der Waals surface area contributed by atoms with E-state index >= 15 is 0 Å². The van der Waals surface area contributed by atoms with E-state index in [2.05, 4.69) is 5.32 Å². The highest BCUT2D eigenvalue weighted by molar-refractivity contribution is 6.33. The van der Waals surface area contributed by atoms with Crippen molar-refractivity contribution in [1.82, 2.24) is 0 Å². The van der Waals surface area contributed by atoms with Gasteiger partial charge in [-0.05, 0) is 29.8 Å². The van der Waals surface area contributed by atoms with Crippen LogP contribution in [0, 0.1) is 0 Å². The monoisotopic (exact) mass is 807 g/mol. The third kappa shape index (κ3) is 11.2. The lowest BCUT2D eigenvalue weighted by Crippen LogP contribution is -2.67. The Morgan fingerprint density at radius 2 is 1.38 bits per heavy atom. The van der Waals surface area contributed by atoms with Crippen molar-refractivity contribution >= 4 is 53.0 Å². The molecule has 0 spiro atoms. The minimum atomic E-state index is -1.59. The number of nitrogens with one attached hydrogen (secondary N) is 1. The molecule has 0 bridgehead atoms. The molecule has 1 amide bonds. The minimum Gasteiger partial charge on any atom is -0.459 e. The third-order valence-corrected chi connectivity index (χ3v) is 8.78. The Morgan fingerprint density at radius 1 is 0.750 bits per heavy atom. The van der Waals surface area contributed by atoms with Gasteiger partial charge in [0.15, 0.2) is 37.0 Å². The second-order valence-electron chi connectivity index (χ2n) is 12.9. The smallest absolute Gasteiger partial charge is 0.338 e. The molecule has 0 saturated carbocycles. The first kappa shape index (κ1) is 42.5. The summed E-state index contributed by atoms with van der Waals surface area (Å²) in [6, 6.07) is 12.8. The Morgan fingerprint density at radius 3 is 2.02 bits per heavy atom.